The standard InChI is InChI=1S/C13H10Br2N2O3/c14-9-1-3-10(4-2-9)19-8-13(18)17-16-7-11-5-6-12(15)20-11/h1-7H,8H2,(H,17,18)/b16-7-. The third-order valence-corrected chi connectivity index (χ3v) is 3.11. The fourth-order valence-electron chi connectivity index (χ4n) is 1.28. The fraction of sp³-hybridized carbons (Fsp3) is 0.0769. The van der Waals surface area contributed by atoms with Gasteiger partial charge < -0.3 is 9.15 Å². The molecule has 0 atom stereocenters. The van der Waals surface area contributed by atoms with Gasteiger partial charge in [0.2, 0.25) is 0 Å². The maximum absolute atomic E-state index is 11.5. The number of hydrogen-bond acceptors (Lipinski definition) is 4. The second-order valence-electron chi connectivity index (χ2n) is 3.68. The van der Waals surface area contributed by atoms with Crippen LogP contribution < -0.4 is 10.2 Å². The average Bonchev–Trinajstić information content (AvgIpc) is 2.84. The van der Waals surface area contributed by atoms with Gasteiger partial charge in [-0.05, 0) is 52.3 Å². The molecule has 2 rings (SSSR count). The topological polar surface area (TPSA) is 63.8 Å². The summed E-state index contributed by atoms with van der Waals surface area (Å²) in [7, 11) is 0. The Balaban J connectivity index is 1.75. The minimum absolute atomic E-state index is 0.110. The lowest BCUT2D eigenvalue weighted by molar-refractivity contribution is -0.123. The van der Waals surface area contributed by atoms with E-state index in [9.17, 15) is 4.79 Å². The summed E-state index contributed by atoms with van der Waals surface area (Å²) in [4.78, 5) is 11.5. The smallest absolute Gasteiger partial charge is 0.277 e. The van der Waals surface area contributed by atoms with Gasteiger partial charge in [0, 0.05) is 4.47 Å². The van der Waals surface area contributed by atoms with Crippen molar-refractivity contribution in [3.63, 3.8) is 0 Å². The van der Waals surface area contributed by atoms with E-state index in [1.807, 2.05) is 12.1 Å². The van der Waals surface area contributed by atoms with Crippen LogP contribution >= 0.6 is 31.9 Å². The molecule has 1 aromatic carbocycles. The van der Waals surface area contributed by atoms with Gasteiger partial charge in [-0.2, -0.15) is 5.10 Å². The second kappa shape index (κ2) is 7.25. The number of hydrogen-bond donors (Lipinski definition) is 1. The highest BCUT2D eigenvalue weighted by molar-refractivity contribution is 9.10. The minimum Gasteiger partial charge on any atom is -0.484 e. The summed E-state index contributed by atoms with van der Waals surface area (Å²) in [6.07, 6.45) is 1.41. The number of halogens is 2. The van der Waals surface area contributed by atoms with Crippen LogP contribution in [0.4, 0.5) is 0 Å². The molecular formula is C13H10Br2N2O3. The first kappa shape index (κ1) is 14.8. The molecule has 7 heteroatoms. The van der Waals surface area contributed by atoms with Crippen LogP contribution in [0, 0.1) is 0 Å². The summed E-state index contributed by atoms with van der Waals surface area (Å²) in [5.41, 5.74) is 2.34. The molecule has 2 aromatic rings. The van der Waals surface area contributed by atoms with E-state index < -0.39 is 0 Å². The molecule has 1 aromatic heterocycles. The van der Waals surface area contributed by atoms with E-state index in [0.717, 1.165) is 4.47 Å². The van der Waals surface area contributed by atoms with Gasteiger partial charge in [-0.1, -0.05) is 15.9 Å². The van der Waals surface area contributed by atoms with Crippen molar-refractivity contribution in [2.75, 3.05) is 6.61 Å². The van der Waals surface area contributed by atoms with Crippen molar-refractivity contribution in [3.05, 3.63) is 51.3 Å². The number of nitrogens with one attached hydrogen (secondary N) is 1. The van der Waals surface area contributed by atoms with E-state index in [0.29, 0.717) is 16.2 Å². The zero-order chi connectivity index (χ0) is 14.4. The van der Waals surface area contributed by atoms with Gasteiger partial charge in [0.25, 0.3) is 5.91 Å². The van der Waals surface area contributed by atoms with Crippen molar-refractivity contribution in [2.24, 2.45) is 5.10 Å². The van der Waals surface area contributed by atoms with Crippen LogP contribution in [0.2, 0.25) is 0 Å². The van der Waals surface area contributed by atoms with E-state index >= 15 is 0 Å². The van der Waals surface area contributed by atoms with Crippen LogP contribution in [0.15, 0.2) is 55.1 Å². The minimum atomic E-state index is -0.352. The lowest BCUT2D eigenvalue weighted by atomic mass is 10.3. The molecular weight excluding hydrogens is 392 g/mol. The predicted octanol–water partition coefficient (Wildman–Crippen LogP) is 3.33. The Labute approximate surface area is 132 Å². The molecule has 0 bridgehead atoms. The molecule has 0 aliphatic rings. The lowest BCUT2D eigenvalue weighted by Gasteiger charge is -2.04. The van der Waals surface area contributed by atoms with Crippen LogP contribution in [0.5, 0.6) is 5.75 Å². The van der Waals surface area contributed by atoms with Crippen molar-refractivity contribution in [2.45, 2.75) is 0 Å². The van der Waals surface area contributed by atoms with E-state index in [4.69, 9.17) is 9.15 Å². The summed E-state index contributed by atoms with van der Waals surface area (Å²) >= 11 is 6.49. The number of carbonyl (C=O) groups excluding carboxylic acids is 1. The van der Waals surface area contributed by atoms with Gasteiger partial charge in [-0.3, -0.25) is 4.79 Å². The molecule has 20 heavy (non-hydrogen) atoms. The molecule has 0 unspecified atom stereocenters. The maximum atomic E-state index is 11.5. The van der Waals surface area contributed by atoms with Crippen molar-refractivity contribution in [1.29, 1.82) is 0 Å². The SMILES string of the molecule is O=C(COc1ccc(Br)cc1)N/N=C\c1ccc(Br)o1. The normalized spacial score (nSPS) is 10.7. The highest BCUT2D eigenvalue weighted by Crippen LogP contribution is 2.15. The van der Waals surface area contributed by atoms with Gasteiger partial charge in [-0.15, -0.1) is 0 Å². The first-order valence-corrected chi connectivity index (χ1v) is 7.18. The van der Waals surface area contributed by atoms with E-state index in [1.54, 1.807) is 24.3 Å². The monoisotopic (exact) mass is 400 g/mol. The van der Waals surface area contributed by atoms with Crippen molar-refractivity contribution in [3.8, 4) is 5.75 Å². The third-order valence-electron chi connectivity index (χ3n) is 2.16. The maximum Gasteiger partial charge on any atom is 0.277 e. The summed E-state index contributed by atoms with van der Waals surface area (Å²) in [5, 5.41) is 3.75. The number of benzene rings is 1. The van der Waals surface area contributed by atoms with Crippen LogP contribution in [0.25, 0.3) is 0 Å². The van der Waals surface area contributed by atoms with E-state index in [1.165, 1.54) is 6.21 Å². The van der Waals surface area contributed by atoms with Crippen molar-refractivity contribution >= 4 is 44.0 Å². The van der Waals surface area contributed by atoms with Crippen LogP contribution in [0.3, 0.4) is 0 Å². The van der Waals surface area contributed by atoms with Crippen molar-refractivity contribution in [1.82, 2.24) is 5.43 Å². The molecule has 5 nitrogen and oxygen atoms in total. The number of rotatable bonds is 5. The van der Waals surface area contributed by atoms with E-state index in [2.05, 4.69) is 42.4 Å². The number of hydrazone groups is 1. The first-order valence-electron chi connectivity index (χ1n) is 5.59. The average molecular weight is 402 g/mol. The van der Waals surface area contributed by atoms with Gasteiger partial charge in [-0.25, -0.2) is 5.43 Å². The molecule has 0 radical (unpaired) electrons. The number of furan rings is 1. The van der Waals surface area contributed by atoms with Crippen molar-refractivity contribution < 1.29 is 13.9 Å². The van der Waals surface area contributed by atoms with Crippen LogP contribution in [-0.2, 0) is 4.79 Å². The predicted molar refractivity (Wildman–Crippen MR) is 81.8 cm³/mol. The Hall–Kier alpha value is -1.60. The van der Waals surface area contributed by atoms with Gasteiger partial charge >= 0.3 is 0 Å². The molecule has 104 valence electrons. The third kappa shape index (κ3) is 4.82. The molecule has 0 aliphatic carbocycles. The highest BCUT2D eigenvalue weighted by atomic mass is 79.9. The molecule has 0 saturated carbocycles. The fourth-order valence-corrected chi connectivity index (χ4v) is 1.86. The molecule has 0 aliphatic heterocycles. The zero-order valence-electron chi connectivity index (χ0n) is 10.2. The summed E-state index contributed by atoms with van der Waals surface area (Å²) < 4.78 is 12.0. The Kier molecular flexibility index (Phi) is 5.37. The Morgan fingerprint density at radius 1 is 1.25 bits per heavy atom. The molecule has 1 amide bonds. The summed E-state index contributed by atoms with van der Waals surface area (Å²) in [6, 6.07) is 10.7. The summed E-state index contributed by atoms with van der Waals surface area (Å²) in [6.45, 7) is -0.110. The van der Waals surface area contributed by atoms with Gasteiger partial charge in [0.1, 0.15) is 11.5 Å². The number of amides is 1. The van der Waals surface area contributed by atoms with E-state index in [-0.39, 0.29) is 12.5 Å². The number of nitrogens with zero attached hydrogens (tertiary/aromatic N) is 1. The molecule has 0 saturated heterocycles. The van der Waals surface area contributed by atoms with Gasteiger partial charge in [0.05, 0.1) is 6.21 Å². The molecule has 0 spiro atoms. The van der Waals surface area contributed by atoms with Crippen LogP contribution in [-0.4, -0.2) is 18.7 Å². The highest BCUT2D eigenvalue weighted by Gasteiger charge is 2.01. The second-order valence-corrected chi connectivity index (χ2v) is 5.37. The first-order chi connectivity index (χ1) is 9.63. The molecule has 0 fully saturated rings. The lowest BCUT2D eigenvalue weighted by Crippen LogP contribution is -2.24. The van der Waals surface area contributed by atoms with Crippen LogP contribution in [0.1, 0.15) is 5.76 Å². The zero-order valence-corrected chi connectivity index (χ0v) is 13.3. The Morgan fingerprint density at radius 3 is 2.65 bits per heavy atom. The number of carbonyl (C=O) groups is 1. The summed E-state index contributed by atoms with van der Waals surface area (Å²) in [5.74, 6) is 0.795. The molecule has 1 N–H and O–H groups in total. The Morgan fingerprint density at radius 2 is 2.00 bits per heavy atom. The number of ether oxygens (including phenoxy) is 1. The quantitative estimate of drug-likeness (QED) is 0.617. The Bertz CT molecular complexity index is 608. The molecule has 1 heterocycles. The largest absolute Gasteiger partial charge is 0.484 e. The van der Waals surface area contributed by atoms with Gasteiger partial charge in [0.15, 0.2) is 11.3 Å².